The van der Waals surface area contributed by atoms with Crippen molar-refractivity contribution in [3.63, 3.8) is 0 Å². The van der Waals surface area contributed by atoms with Gasteiger partial charge in [0.25, 0.3) is 5.91 Å². The minimum absolute atomic E-state index is 0. The maximum atomic E-state index is 11.9. The Morgan fingerprint density at radius 1 is 1.42 bits per heavy atom. The number of sulfone groups is 1. The van der Waals surface area contributed by atoms with Crippen molar-refractivity contribution in [1.82, 2.24) is 10.6 Å². The van der Waals surface area contributed by atoms with Crippen LogP contribution in [0.25, 0.3) is 0 Å². The highest BCUT2D eigenvalue weighted by molar-refractivity contribution is 7.90. The van der Waals surface area contributed by atoms with Gasteiger partial charge in [0.15, 0.2) is 9.84 Å². The van der Waals surface area contributed by atoms with Crippen LogP contribution in [0.3, 0.4) is 0 Å². The first kappa shape index (κ1) is 15.9. The van der Waals surface area contributed by atoms with E-state index in [1.807, 2.05) is 0 Å². The monoisotopic (exact) mass is 304 g/mol. The molecule has 5 nitrogen and oxygen atoms in total. The summed E-state index contributed by atoms with van der Waals surface area (Å²) in [6, 6.07) is 6.22. The molecule has 1 aromatic carbocycles. The van der Waals surface area contributed by atoms with Gasteiger partial charge in [-0.25, -0.2) is 8.42 Å². The molecule has 1 aromatic rings. The molecule has 106 valence electrons. The highest BCUT2D eigenvalue weighted by Crippen LogP contribution is 2.11. The van der Waals surface area contributed by atoms with Crippen LogP contribution in [0.1, 0.15) is 16.8 Å². The predicted octanol–water partition coefficient (Wildman–Crippen LogP) is 0.604. The Balaban J connectivity index is 0.00000180. The lowest BCUT2D eigenvalue weighted by Crippen LogP contribution is -2.36. The van der Waals surface area contributed by atoms with E-state index >= 15 is 0 Å². The van der Waals surface area contributed by atoms with E-state index in [1.165, 1.54) is 12.1 Å². The smallest absolute Gasteiger partial charge is 0.251 e. The Kier molecular flexibility index (Phi) is 5.34. The van der Waals surface area contributed by atoms with Gasteiger partial charge in [0.2, 0.25) is 0 Å². The van der Waals surface area contributed by atoms with E-state index in [-0.39, 0.29) is 29.3 Å². The number of carbonyl (C=O) groups is 1. The minimum atomic E-state index is -3.28. The van der Waals surface area contributed by atoms with E-state index in [4.69, 9.17) is 0 Å². The largest absolute Gasteiger partial charge is 0.348 e. The van der Waals surface area contributed by atoms with Crippen molar-refractivity contribution in [1.29, 1.82) is 0 Å². The van der Waals surface area contributed by atoms with Crippen molar-refractivity contribution in [2.45, 2.75) is 17.4 Å². The normalized spacial score (nSPS) is 18.7. The number of carbonyl (C=O) groups excluding carboxylic acids is 1. The fourth-order valence-electron chi connectivity index (χ4n) is 1.91. The van der Waals surface area contributed by atoms with Crippen LogP contribution in [0, 0.1) is 0 Å². The van der Waals surface area contributed by atoms with Crippen LogP contribution in [0.4, 0.5) is 0 Å². The SMILES string of the molecule is CS(=O)(=O)c1cccc(C(=O)NC2CCNC2)c1.Cl. The van der Waals surface area contributed by atoms with Crippen LogP contribution >= 0.6 is 12.4 Å². The second-order valence-electron chi connectivity index (χ2n) is 4.46. The van der Waals surface area contributed by atoms with E-state index in [0.29, 0.717) is 5.56 Å². The highest BCUT2D eigenvalue weighted by atomic mass is 35.5. The topological polar surface area (TPSA) is 75.3 Å². The summed E-state index contributed by atoms with van der Waals surface area (Å²) >= 11 is 0. The maximum Gasteiger partial charge on any atom is 0.251 e. The standard InChI is InChI=1S/C12H16N2O3S.ClH/c1-18(16,17)11-4-2-3-9(7-11)12(15)14-10-5-6-13-8-10;/h2-4,7,10,13H,5-6,8H2,1H3,(H,14,15);1H. The van der Waals surface area contributed by atoms with Crippen molar-refractivity contribution in [3.05, 3.63) is 29.8 Å². The maximum absolute atomic E-state index is 11.9. The summed E-state index contributed by atoms with van der Waals surface area (Å²) in [5.41, 5.74) is 0.379. The highest BCUT2D eigenvalue weighted by Gasteiger charge is 2.18. The van der Waals surface area contributed by atoms with Crippen molar-refractivity contribution < 1.29 is 13.2 Å². The molecule has 1 saturated heterocycles. The molecule has 7 heteroatoms. The number of amides is 1. The Morgan fingerprint density at radius 3 is 2.74 bits per heavy atom. The fourth-order valence-corrected chi connectivity index (χ4v) is 2.58. The van der Waals surface area contributed by atoms with Crippen LogP contribution in [0.5, 0.6) is 0 Å². The molecule has 0 spiro atoms. The lowest BCUT2D eigenvalue weighted by atomic mass is 10.2. The van der Waals surface area contributed by atoms with Crippen molar-refractivity contribution >= 4 is 28.2 Å². The van der Waals surface area contributed by atoms with Crippen LogP contribution < -0.4 is 10.6 Å². The van der Waals surface area contributed by atoms with Gasteiger partial charge in [0.05, 0.1) is 4.90 Å². The summed E-state index contributed by atoms with van der Waals surface area (Å²) in [5.74, 6) is -0.228. The van der Waals surface area contributed by atoms with Gasteiger partial charge in [-0.1, -0.05) is 6.07 Å². The average Bonchev–Trinajstić information content (AvgIpc) is 2.81. The van der Waals surface area contributed by atoms with E-state index in [2.05, 4.69) is 10.6 Å². The number of benzene rings is 1. The number of nitrogens with one attached hydrogen (secondary N) is 2. The van der Waals surface area contributed by atoms with Crippen LogP contribution in [-0.4, -0.2) is 39.7 Å². The lowest BCUT2D eigenvalue weighted by Gasteiger charge is -2.11. The molecule has 1 unspecified atom stereocenters. The summed E-state index contributed by atoms with van der Waals surface area (Å²) in [4.78, 5) is 12.1. The molecule has 0 aromatic heterocycles. The van der Waals surface area contributed by atoms with Crippen molar-refractivity contribution in [3.8, 4) is 0 Å². The molecular formula is C12H17ClN2O3S. The Morgan fingerprint density at radius 2 is 2.16 bits per heavy atom. The summed E-state index contributed by atoms with van der Waals surface area (Å²) in [7, 11) is -3.28. The molecule has 1 atom stereocenters. The summed E-state index contributed by atoms with van der Waals surface area (Å²) in [6.07, 6.45) is 2.03. The van der Waals surface area contributed by atoms with Crippen molar-refractivity contribution in [2.75, 3.05) is 19.3 Å². The van der Waals surface area contributed by atoms with Gasteiger partial charge in [0.1, 0.15) is 0 Å². The molecule has 0 radical (unpaired) electrons. The van der Waals surface area contributed by atoms with Crippen LogP contribution in [-0.2, 0) is 9.84 Å². The first-order valence-corrected chi connectivity index (χ1v) is 7.67. The lowest BCUT2D eigenvalue weighted by molar-refractivity contribution is 0.0940. The van der Waals surface area contributed by atoms with Gasteiger partial charge in [-0.05, 0) is 31.2 Å². The number of hydrogen-bond acceptors (Lipinski definition) is 4. The summed E-state index contributed by atoms with van der Waals surface area (Å²) in [5, 5.41) is 6.03. The number of hydrogen-bond donors (Lipinski definition) is 2. The van der Waals surface area contributed by atoms with Gasteiger partial charge in [-0.3, -0.25) is 4.79 Å². The van der Waals surface area contributed by atoms with Crippen LogP contribution in [0.2, 0.25) is 0 Å². The molecule has 19 heavy (non-hydrogen) atoms. The van der Waals surface area contributed by atoms with E-state index in [9.17, 15) is 13.2 Å². The molecule has 0 aliphatic carbocycles. The van der Waals surface area contributed by atoms with E-state index in [1.54, 1.807) is 12.1 Å². The van der Waals surface area contributed by atoms with Gasteiger partial charge < -0.3 is 10.6 Å². The Labute approximate surface area is 119 Å². The zero-order valence-electron chi connectivity index (χ0n) is 10.5. The first-order valence-electron chi connectivity index (χ1n) is 5.78. The Hall–Kier alpha value is -1.11. The molecule has 1 aliphatic heterocycles. The Bertz CT molecular complexity index is 554. The predicted molar refractivity (Wildman–Crippen MR) is 75.5 cm³/mol. The second kappa shape index (κ2) is 6.36. The number of rotatable bonds is 3. The van der Waals surface area contributed by atoms with Gasteiger partial charge in [-0.15, -0.1) is 12.4 Å². The molecule has 0 saturated carbocycles. The van der Waals surface area contributed by atoms with Crippen molar-refractivity contribution in [2.24, 2.45) is 0 Å². The second-order valence-corrected chi connectivity index (χ2v) is 6.48. The third kappa shape index (κ3) is 4.19. The zero-order valence-corrected chi connectivity index (χ0v) is 12.2. The number of halogens is 1. The third-order valence-corrected chi connectivity index (χ3v) is 4.03. The molecule has 2 rings (SSSR count). The quantitative estimate of drug-likeness (QED) is 0.858. The molecular weight excluding hydrogens is 288 g/mol. The van der Waals surface area contributed by atoms with Gasteiger partial charge >= 0.3 is 0 Å². The van der Waals surface area contributed by atoms with E-state index < -0.39 is 9.84 Å². The first-order chi connectivity index (χ1) is 8.47. The molecule has 2 N–H and O–H groups in total. The summed E-state index contributed by atoms with van der Waals surface area (Å²) in [6.45, 7) is 1.66. The summed E-state index contributed by atoms with van der Waals surface area (Å²) < 4.78 is 22.8. The minimum Gasteiger partial charge on any atom is -0.348 e. The molecule has 1 fully saturated rings. The zero-order chi connectivity index (χ0) is 13.2. The van der Waals surface area contributed by atoms with Gasteiger partial charge in [0, 0.05) is 24.4 Å². The van der Waals surface area contributed by atoms with Gasteiger partial charge in [-0.2, -0.15) is 0 Å². The average molecular weight is 305 g/mol. The third-order valence-electron chi connectivity index (χ3n) is 2.92. The molecule has 1 aliphatic rings. The fraction of sp³-hybridized carbons (Fsp3) is 0.417. The molecule has 0 bridgehead atoms. The molecule has 1 heterocycles. The molecule has 1 amide bonds. The van der Waals surface area contributed by atoms with E-state index in [0.717, 1.165) is 25.8 Å². The van der Waals surface area contributed by atoms with Crippen LogP contribution in [0.15, 0.2) is 29.2 Å².